The van der Waals surface area contributed by atoms with Gasteiger partial charge in [-0.25, -0.2) is 12.7 Å². The number of likely N-dealkylation sites (tertiary alicyclic amines) is 1. The van der Waals surface area contributed by atoms with Crippen LogP contribution in [0, 0.1) is 0 Å². The number of sulfonamides is 1. The molecule has 0 saturated carbocycles. The van der Waals surface area contributed by atoms with Gasteiger partial charge in [0, 0.05) is 37.4 Å². The van der Waals surface area contributed by atoms with Gasteiger partial charge in [0.25, 0.3) is 11.8 Å². The number of rotatable bonds is 7. The van der Waals surface area contributed by atoms with Crippen molar-refractivity contribution in [2.24, 2.45) is 0 Å². The Labute approximate surface area is 195 Å². The van der Waals surface area contributed by atoms with Crippen LogP contribution in [0.3, 0.4) is 0 Å². The van der Waals surface area contributed by atoms with Gasteiger partial charge in [-0.15, -0.1) is 0 Å². The first-order valence-corrected chi connectivity index (χ1v) is 12.4. The molecule has 8 nitrogen and oxygen atoms in total. The molecule has 1 saturated heterocycles. The normalized spacial score (nSPS) is 18.8. The Morgan fingerprint density at radius 3 is 2.12 bits per heavy atom. The zero-order valence-corrected chi connectivity index (χ0v) is 20.3. The molecule has 0 radical (unpaired) electrons. The molecule has 178 valence electrons. The van der Waals surface area contributed by atoms with Gasteiger partial charge in [-0.3, -0.25) is 9.59 Å². The molecule has 1 N–H and O–H groups in total. The predicted octanol–water partition coefficient (Wildman–Crippen LogP) is 3.36. The van der Waals surface area contributed by atoms with Crippen molar-refractivity contribution in [3.63, 3.8) is 0 Å². The third kappa shape index (κ3) is 5.91. The average Bonchev–Trinajstić information content (AvgIpc) is 2.78. The third-order valence-electron chi connectivity index (χ3n) is 5.85. The number of benzene rings is 2. The summed E-state index contributed by atoms with van der Waals surface area (Å²) >= 11 is 0. The largest absolute Gasteiger partial charge is 0.484 e. The van der Waals surface area contributed by atoms with Crippen molar-refractivity contribution >= 4 is 27.5 Å². The molecule has 33 heavy (non-hydrogen) atoms. The highest BCUT2D eigenvalue weighted by Crippen LogP contribution is 2.23. The van der Waals surface area contributed by atoms with E-state index in [1.165, 1.54) is 26.2 Å². The summed E-state index contributed by atoms with van der Waals surface area (Å²) in [5.74, 6) is 0.142. The Bertz CT molecular complexity index is 1070. The van der Waals surface area contributed by atoms with Crippen molar-refractivity contribution in [2.45, 2.75) is 50.1 Å². The minimum absolute atomic E-state index is 0.0313. The van der Waals surface area contributed by atoms with E-state index in [0.717, 1.165) is 23.6 Å². The molecule has 2 amide bonds. The molecule has 0 aromatic heterocycles. The van der Waals surface area contributed by atoms with Gasteiger partial charge < -0.3 is 15.0 Å². The van der Waals surface area contributed by atoms with E-state index >= 15 is 0 Å². The number of carbonyl (C=O) groups excluding carboxylic acids is 2. The Balaban J connectivity index is 1.56. The monoisotopic (exact) mass is 473 g/mol. The van der Waals surface area contributed by atoms with Gasteiger partial charge in [0.2, 0.25) is 10.0 Å². The summed E-state index contributed by atoms with van der Waals surface area (Å²) in [7, 11) is -0.602. The fourth-order valence-electron chi connectivity index (χ4n) is 3.96. The van der Waals surface area contributed by atoms with Crippen molar-refractivity contribution in [1.29, 1.82) is 0 Å². The topological polar surface area (TPSA) is 96.0 Å². The second-order valence-electron chi connectivity index (χ2n) is 8.51. The molecule has 0 unspecified atom stereocenters. The van der Waals surface area contributed by atoms with Gasteiger partial charge in [0.05, 0.1) is 4.90 Å². The Hall–Kier alpha value is -2.91. The average molecular weight is 474 g/mol. The molecule has 0 aliphatic carbocycles. The highest BCUT2D eigenvalue weighted by molar-refractivity contribution is 7.89. The van der Waals surface area contributed by atoms with E-state index in [9.17, 15) is 18.0 Å². The molecule has 1 aliphatic rings. The molecular formula is C24H31N3O5S. The number of ether oxygens (including phenoxy) is 1. The Morgan fingerprint density at radius 1 is 1.00 bits per heavy atom. The smallest absolute Gasteiger partial charge is 0.260 e. The molecule has 1 fully saturated rings. The summed E-state index contributed by atoms with van der Waals surface area (Å²) in [6, 6.07) is 12.9. The van der Waals surface area contributed by atoms with E-state index in [1.54, 1.807) is 36.4 Å². The molecule has 0 bridgehead atoms. The lowest BCUT2D eigenvalue weighted by atomic mass is 9.97. The van der Waals surface area contributed by atoms with Gasteiger partial charge in [-0.2, -0.15) is 0 Å². The molecule has 2 atom stereocenters. The first kappa shape index (κ1) is 24.7. The van der Waals surface area contributed by atoms with E-state index < -0.39 is 10.0 Å². The summed E-state index contributed by atoms with van der Waals surface area (Å²) in [6.07, 6.45) is 3.15. The van der Waals surface area contributed by atoms with E-state index in [2.05, 4.69) is 19.2 Å². The number of carbonyl (C=O) groups is 2. The molecule has 3 rings (SSSR count). The highest BCUT2D eigenvalue weighted by Gasteiger charge is 2.29. The van der Waals surface area contributed by atoms with E-state index in [-0.39, 0.29) is 35.4 Å². The van der Waals surface area contributed by atoms with Crippen LogP contribution in [0.2, 0.25) is 0 Å². The van der Waals surface area contributed by atoms with Crippen molar-refractivity contribution in [2.75, 3.05) is 26.0 Å². The van der Waals surface area contributed by atoms with Crippen molar-refractivity contribution in [3.05, 3.63) is 54.1 Å². The fraction of sp³-hybridized carbons (Fsp3) is 0.417. The SMILES string of the molecule is C[C@H]1CCC[C@H](C)N1C(=O)COc1ccc(C(=O)Nc2ccc(S(=O)(=O)N(C)C)cc2)cc1. The highest BCUT2D eigenvalue weighted by atomic mass is 32.2. The van der Waals surface area contributed by atoms with Crippen LogP contribution in [0.25, 0.3) is 0 Å². The minimum atomic E-state index is -3.52. The first-order valence-electron chi connectivity index (χ1n) is 11.0. The second kappa shape index (κ2) is 10.4. The van der Waals surface area contributed by atoms with E-state index in [1.807, 2.05) is 4.90 Å². The summed E-state index contributed by atoms with van der Waals surface area (Å²) in [5.41, 5.74) is 0.894. The van der Waals surface area contributed by atoms with Crippen LogP contribution in [-0.2, 0) is 14.8 Å². The maximum atomic E-state index is 12.6. The van der Waals surface area contributed by atoms with Crippen LogP contribution in [0.5, 0.6) is 5.75 Å². The standard InChI is InChI=1S/C24H31N3O5S/c1-17-6-5-7-18(2)27(17)23(28)16-32-21-12-8-19(9-13-21)24(29)25-20-10-14-22(15-11-20)33(30,31)26(3)4/h8-15,17-18H,5-7,16H2,1-4H3,(H,25,29)/t17-,18-/m0/s1. The van der Waals surface area contributed by atoms with Gasteiger partial charge in [-0.1, -0.05) is 0 Å². The van der Waals surface area contributed by atoms with Crippen LogP contribution >= 0.6 is 0 Å². The lowest BCUT2D eigenvalue weighted by Crippen LogP contribution is -2.49. The van der Waals surface area contributed by atoms with Crippen molar-refractivity contribution in [1.82, 2.24) is 9.21 Å². The van der Waals surface area contributed by atoms with Gasteiger partial charge >= 0.3 is 0 Å². The van der Waals surface area contributed by atoms with Crippen LogP contribution in [-0.4, -0.2) is 62.2 Å². The fourth-order valence-corrected chi connectivity index (χ4v) is 4.86. The first-order chi connectivity index (χ1) is 15.6. The minimum Gasteiger partial charge on any atom is -0.484 e. The summed E-state index contributed by atoms with van der Waals surface area (Å²) in [5, 5.41) is 2.74. The predicted molar refractivity (Wildman–Crippen MR) is 127 cm³/mol. The molecule has 1 heterocycles. The molecule has 2 aromatic rings. The van der Waals surface area contributed by atoms with E-state index in [4.69, 9.17) is 4.74 Å². The van der Waals surface area contributed by atoms with Crippen LogP contribution < -0.4 is 10.1 Å². The molecule has 0 spiro atoms. The second-order valence-corrected chi connectivity index (χ2v) is 10.7. The van der Waals surface area contributed by atoms with Gasteiger partial charge in [-0.05, 0) is 81.6 Å². The third-order valence-corrected chi connectivity index (χ3v) is 7.68. The maximum Gasteiger partial charge on any atom is 0.260 e. The van der Waals surface area contributed by atoms with Gasteiger partial charge in [0.1, 0.15) is 5.75 Å². The van der Waals surface area contributed by atoms with Crippen molar-refractivity contribution < 1.29 is 22.7 Å². The van der Waals surface area contributed by atoms with Crippen LogP contribution in [0.15, 0.2) is 53.4 Å². The number of hydrogen-bond acceptors (Lipinski definition) is 5. The Kier molecular flexibility index (Phi) is 7.76. The van der Waals surface area contributed by atoms with Crippen LogP contribution in [0.1, 0.15) is 43.5 Å². The van der Waals surface area contributed by atoms with Crippen LogP contribution in [0.4, 0.5) is 5.69 Å². The summed E-state index contributed by atoms with van der Waals surface area (Å²) in [6.45, 7) is 4.09. The maximum absolute atomic E-state index is 12.6. The lowest BCUT2D eigenvalue weighted by Gasteiger charge is -2.38. The number of piperidine rings is 1. The molecular weight excluding hydrogens is 442 g/mol. The molecule has 9 heteroatoms. The number of anilines is 1. The lowest BCUT2D eigenvalue weighted by molar-refractivity contribution is -0.139. The molecule has 2 aromatic carbocycles. The quantitative estimate of drug-likeness (QED) is 0.665. The van der Waals surface area contributed by atoms with Gasteiger partial charge in [0.15, 0.2) is 6.61 Å². The zero-order valence-electron chi connectivity index (χ0n) is 19.4. The molecule has 1 aliphatic heterocycles. The Morgan fingerprint density at radius 2 is 1.58 bits per heavy atom. The summed E-state index contributed by atoms with van der Waals surface area (Å²) in [4.78, 5) is 27.2. The van der Waals surface area contributed by atoms with Crippen molar-refractivity contribution in [3.8, 4) is 5.75 Å². The number of amides is 2. The zero-order chi connectivity index (χ0) is 24.2. The number of hydrogen-bond donors (Lipinski definition) is 1. The number of nitrogens with one attached hydrogen (secondary N) is 1. The van der Waals surface area contributed by atoms with E-state index in [0.29, 0.717) is 17.0 Å². The summed E-state index contributed by atoms with van der Waals surface area (Å²) < 4.78 is 31.1. The number of nitrogens with zero attached hydrogens (tertiary/aromatic N) is 2.